The second-order valence-electron chi connectivity index (χ2n) is 4.00. The van der Waals surface area contributed by atoms with E-state index in [-0.39, 0.29) is 15.9 Å². The van der Waals surface area contributed by atoms with E-state index in [1.54, 1.807) is 20.8 Å². The molecule has 0 amide bonds. The fraction of sp³-hybridized carbons (Fsp3) is 0.400. The second kappa shape index (κ2) is 4.91. The Labute approximate surface area is 114 Å². The molecule has 0 radical (unpaired) electrons. The summed E-state index contributed by atoms with van der Waals surface area (Å²) in [5, 5.41) is 0.223. The molecule has 104 valence electrons. The van der Waals surface area contributed by atoms with Gasteiger partial charge in [0.25, 0.3) is 10.0 Å². The summed E-state index contributed by atoms with van der Waals surface area (Å²) in [6, 6.07) is 0. The van der Waals surface area contributed by atoms with Crippen molar-refractivity contribution in [3.8, 4) is 0 Å². The van der Waals surface area contributed by atoms with Crippen molar-refractivity contribution in [2.24, 2.45) is 0 Å². The fourth-order valence-electron chi connectivity index (χ4n) is 1.49. The molecule has 0 saturated heterocycles. The number of hydrogen-bond donors (Lipinski definition) is 2. The third kappa shape index (κ3) is 2.94. The van der Waals surface area contributed by atoms with Crippen LogP contribution in [0.25, 0.3) is 0 Å². The zero-order valence-electron chi connectivity index (χ0n) is 10.7. The topological polar surface area (TPSA) is 111 Å². The Morgan fingerprint density at radius 1 is 1.26 bits per heavy atom. The molecule has 0 bridgehead atoms. The van der Waals surface area contributed by atoms with Gasteiger partial charge in [-0.1, -0.05) is 11.3 Å². The van der Waals surface area contributed by atoms with Crippen LogP contribution in [-0.4, -0.2) is 18.4 Å². The van der Waals surface area contributed by atoms with Gasteiger partial charge in [0.15, 0.2) is 9.34 Å². The van der Waals surface area contributed by atoms with Crippen molar-refractivity contribution in [3.63, 3.8) is 0 Å². The molecule has 0 spiro atoms. The maximum Gasteiger partial charge on any atom is 0.252 e. The molecule has 0 atom stereocenters. The van der Waals surface area contributed by atoms with Gasteiger partial charge >= 0.3 is 0 Å². The fourth-order valence-corrected chi connectivity index (χ4v) is 3.81. The third-order valence-corrected chi connectivity index (χ3v) is 5.50. The van der Waals surface area contributed by atoms with Crippen LogP contribution >= 0.6 is 11.3 Å². The lowest BCUT2D eigenvalue weighted by Gasteiger charge is -2.02. The van der Waals surface area contributed by atoms with Crippen molar-refractivity contribution >= 4 is 26.5 Å². The number of nitrogen functional groups attached to an aromatic ring is 1. The number of sulfonamides is 1. The molecular formula is C10H14N4O3S2. The van der Waals surface area contributed by atoms with Gasteiger partial charge < -0.3 is 10.2 Å². The summed E-state index contributed by atoms with van der Waals surface area (Å²) in [4.78, 5) is 7.99. The molecule has 2 rings (SSSR count). The van der Waals surface area contributed by atoms with E-state index < -0.39 is 10.0 Å². The summed E-state index contributed by atoms with van der Waals surface area (Å²) in [6.45, 7) is 5.16. The van der Waals surface area contributed by atoms with Crippen LogP contribution in [0.3, 0.4) is 0 Å². The van der Waals surface area contributed by atoms with E-state index in [2.05, 4.69) is 14.7 Å². The van der Waals surface area contributed by atoms with Crippen molar-refractivity contribution in [2.45, 2.75) is 31.5 Å². The lowest BCUT2D eigenvalue weighted by atomic mass is 10.4. The lowest BCUT2D eigenvalue weighted by Crippen LogP contribution is -2.23. The summed E-state index contributed by atoms with van der Waals surface area (Å²) < 4.78 is 32.0. The highest BCUT2D eigenvalue weighted by molar-refractivity contribution is 7.91. The Bertz CT molecular complexity index is 683. The van der Waals surface area contributed by atoms with E-state index in [1.807, 2.05) is 0 Å². The average Bonchev–Trinajstić information content (AvgIpc) is 2.80. The Balaban J connectivity index is 2.16. The highest BCUT2D eigenvalue weighted by Crippen LogP contribution is 2.24. The van der Waals surface area contributed by atoms with Crippen LogP contribution in [0, 0.1) is 20.8 Å². The third-order valence-electron chi connectivity index (χ3n) is 2.50. The number of nitrogens with zero attached hydrogens (tertiary/aromatic N) is 2. The van der Waals surface area contributed by atoms with Crippen LogP contribution in [0.15, 0.2) is 8.63 Å². The van der Waals surface area contributed by atoms with Crippen molar-refractivity contribution in [1.29, 1.82) is 0 Å². The summed E-state index contributed by atoms with van der Waals surface area (Å²) in [5.41, 5.74) is 6.62. The monoisotopic (exact) mass is 302 g/mol. The molecule has 19 heavy (non-hydrogen) atoms. The maximum absolute atomic E-state index is 12.1. The van der Waals surface area contributed by atoms with E-state index in [0.29, 0.717) is 17.3 Å². The number of nitrogens with two attached hydrogens (primary N) is 1. The van der Waals surface area contributed by atoms with Gasteiger partial charge in [0.2, 0.25) is 5.89 Å². The molecule has 9 heteroatoms. The maximum atomic E-state index is 12.1. The van der Waals surface area contributed by atoms with Crippen molar-refractivity contribution in [2.75, 3.05) is 5.73 Å². The molecule has 0 aliphatic heterocycles. The zero-order valence-corrected chi connectivity index (χ0v) is 12.4. The van der Waals surface area contributed by atoms with Gasteiger partial charge in [-0.15, -0.1) is 0 Å². The Morgan fingerprint density at radius 2 is 1.95 bits per heavy atom. The van der Waals surface area contributed by atoms with Crippen molar-refractivity contribution < 1.29 is 12.8 Å². The van der Waals surface area contributed by atoms with Gasteiger partial charge in [0, 0.05) is 0 Å². The summed E-state index contributed by atoms with van der Waals surface area (Å²) in [5.74, 6) is 1.00. The molecule has 2 aromatic heterocycles. The van der Waals surface area contributed by atoms with Crippen LogP contribution in [0.2, 0.25) is 0 Å². The van der Waals surface area contributed by atoms with Gasteiger partial charge in [-0.3, -0.25) is 0 Å². The van der Waals surface area contributed by atoms with E-state index in [4.69, 9.17) is 10.2 Å². The first-order valence-corrected chi connectivity index (χ1v) is 7.75. The highest BCUT2D eigenvalue weighted by atomic mass is 32.2. The predicted octanol–water partition coefficient (Wildman–Crippen LogP) is 1.12. The molecule has 0 fully saturated rings. The molecule has 0 aromatic carbocycles. The Kier molecular flexibility index (Phi) is 3.61. The summed E-state index contributed by atoms with van der Waals surface area (Å²) >= 11 is 0.930. The molecule has 2 aromatic rings. The van der Waals surface area contributed by atoms with Gasteiger partial charge in [0.05, 0.1) is 17.9 Å². The number of anilines is 1. The van der Waals surface area contributed by atoms with E-state index in [0.717, 1.165) is 17.0 Å². The minimum Gasteiger partial charge on any atom is -0.444 e. The lowest BCUT2D eigenvalue weighted by molar-refractivity contribution is 0.463. The summed E-state index contributed by atoms with van der Waals surface area (Å²) in [6.07, 6.45) is 0. The first-order valence-electron chi connectivity index (χ1n) is 5.45. The number of aryl methyl sites for hydroxylation is 3. The molecule has 0 aliphatic carbocycles. The van der Waals surface area contributed by atoms with Gasteiger partial charge in [-0.05, 0) is 20.8 Å². The number of nitrogens with one attached hydrogen (secondary N) is 1. The van der Waals surface area contributed by atoms with Crippen molar-refractivity contribution in [1.82, 2.24) is 14.7 Å². The molecule has 0 aliphatic rings. The number of thiazole rings is 1. The van der Waals surface area contributed by atoms with Gasteiger partial charge in [0.1, 0.15) is 5.76 Å². The number of oxazole rings is 1. The van der Waals surface area contributed by atoms with Crippen LogP contribution in [0.5, 0.6) is 0 Å². The molecule has 3 N–H and O–H groups in total. The standard InChI is InChI=1S/C10H14N4O3S2/c1-5-7(3)17-8(13-5)4-12-19(15,16)9-6(2)14-10(11)18-9/h12H,4H2,1-3H3,(H2,11,14). The molecule has 7 nitrogen and oxygen atoms in total. The highest BCUT2D eigenvalue weighted by Gasteiger charge is 2.21. The normalized spacial score (nSPS) is 11.9. The quantitative estimate of drug-likeness (QED) is 0.875. The first kappa shape index (κ1) is 14.0. The van der Waals surface area contributed by atoms with E-state index in [9.17, 15) is 8.42 Å². The number of aromatic nitrogens is 2. The van der Waals surface area contributed by atoms with Crippen LogP contribution in [-0.2, 0) is 16.6 Å². The minimum atomic E-state index is -3.65. The van der Waals surface area contributed by atoms with Crippen LogP contribution in [0.1, 0.15) is 23.0 Å². The number of hydrogen-bond acceptors (Lipinski definition) is 7. The second-order valence-corrected chi connectivity index (χ2v) is 6.99. The largest absolute Gasteiger partial charge is 0.444 e. The number of rotatable bonds is 4. The van der Waals surface area contributed by atoms with E-state index in [1.165, 1.54) is 0 Å². The smallest absolute Gasteiger partial charge is 0.252 e. The SMILES string of the molecule is Cc1nc(CNS(=O)(=O)c2sc(N)nc2C)oc1C. The molecular weight excluding hydrogens is 288 g/mol. The van der Waals surface area contributed by atoms with Crippen LogP contribution < -0.4 is 10.5 Å². The molecule has 0 saturated carbocycles. The van der Waals surface area contributed by atoms with Gasteiger partial charge in [-0.25, -0.2) is 23.1 Å². The minimum absolute atomic E-state index is 0.00570. The average molecular weight is 302 g/mol. The Morgan fingerprint density at radius 3 is 2.42 bits per heavy atom. The van der Waals surface area contributed by atoms with Gasteiger partial charge in [-0.2, -0.15) is 0 Å². The first-order chi connectivity index (χ1) is 8.79. The van der Waals surface area contributed by atoms with Crippen molar-refractivity contribution in [3.05, 3.63) is 23.0 Å². The van der Waals surface area contributed by atoms with Crippen LogP contribution in [0.4, 0.5) is 5.13 Å². The molecule has 0 unspecified atom stereocenters. The zero-order chi connectivity index (χ0) is 14.2. The Hall–Kier alpha value is -1.45. The van der Waals surface area contributed by atoms with E-state index >= 15 is 0 Å². The summed E-state index contributed by atoms with van der Waals surface area (Å²) in [7, 11) is -3.65. The molecule has 2 heterocycles. The predicted molar refractivity (Wildman–Crippen MR) is 71.3 cm³/mol.